The smallest absolute Gasteiger partial charge is 0.366 e. The maximum absolute atomic E-state index is 13.2. The van der Waals surface area contributed by atoms with Crippen LogP contribution < -0.4 is 5.32 Å². The van der Waals surface area contributed by atoms with Gasteiger partial charge in [0, 0.05) is 19.7 Å². The number of hydrogen-bond donors (Lipinski definition) is 1. The van der Waals surface area contributed by atoms with Gasteiger partial charge in [-0.2, -0.15) is 23.4 Å². The zero-order valence-corrected chi connectivity index (χ0v) is 16.6. The highest BCUT2D eigenvalue weighted by Crippen LogP contribution is 2.34. The Hall–Kier alpha value is -2.89. The molecule has 0 fully saturated rings. The van der Waals surface area contributed by atoms with E-state index in [2.05, 4.69) is 10.3 Å². The summed E-state index contributed by atoms with van der Waals surface area (Å²) < 4.78 is 39.7. The number of nitriles is 1. The van der Waals surface area contributed by atoms with Crippen LogP contribution in [0.15, 0.2) is 23.2 Å². The van der Waals surface area contributed by atoms with Crippen molar-refractivity contribution in [2.24, 2.45) is 4.99 Å². The van der Waals surface area contributed by atoms with Crippen LogP contribution in [0.4, 0.5) is 13.2 Å². The molecule has 2 amide bonds. The summed E-state index contributed by atoms with van der Waals surface area (Å²) in [6, 6.07) is 3.64. The first-order chi connectivity index (χ1) is 12.7. The fourth-order valence-corrected chi connectivity index (χ4v) is 2.05. The molecule has 1 atom stereocenters. The Labute approximate surface area is 162 Å². The number of nitrogens with one attached hydrogen (secondary N) is 1. The zero-order valence-electron chi connectivity index (χ0n) is 16.6. The minimum Gasteiger partial charge on any atom is -0.366 e. The third-order valence-corrected chi connectivity index (χ3v) is 4.16. The number of carbonyl (C=O) groups excluding carboxylic acids is 2. The highest BCUT2D eigenvalue weighted by molar-refractivity contribution is 6.00. The van der Waals surface area contributed by atoms with Crippen LogP contribution in [0.25, 0.3) is 0 Å². The number of aliphatic imine (C=N–C) groups is 1. The van der Waals surface area contributed by atoms with E-state index in [0.29, 0.717) is 11.9 Å². The molecule has 0 aliphatic rings. The zero-order chi connectivity index (χ0) is 21.9. The number of amides is 2. The standard InChI is InChI=1S/C19H23F3N4O2/c1-11(16(27)25-12(2)26(5)6)24-17(28)13-7-14(18(3,4)10-23)9-15(8-13)19(20,21)22/h7-9,11H,1-6H3,(H,24,28)/b25-12+. The van der Waals surface area contributed by atoms with Crippen molar-refractivity contribution in [2.75, 3.05) is 14.1 Å². The molecule has 1 aromatic rings. The molecule has 0 saturated carbocycles. The second-order valence-electron chi connectivity index (χ2n) is 7.12. The molecule has 9 heteroatoms. The van der Waals surface area contributed by atoms with Gasteiger partial charge >= 0.3 is 6.18 Å². The second kappa shape index (κ2) is 8.42. The van der Waals surface area contributed by atoms with Crippen LogP contribution in [0.3, 0.4) is 0 Å². The van der Waals surface area contributed by atoms with E-state index in [1.54, 1.807) is 25.9 Å². The lowest BCUT2D eigenvalue weighted by molar-refractivity contribution is -0.137. The van der Waals surface area contributed by atoms with Gasteiger partial charge in [-0.3, -0.25) is 9.59 Å². The minimum absolute atomic E-state index is 0.0513. The number of rotatable bonds is 4. The van der Waals surface area contributed by atoms with E-state index in [4.69, 9.17) is 0 Å². The third kappa shape index (κ3) is 5.81. The predicted molar refractivity (Wildman–Crippen MR) is 98.8 cm³/mol. The van der Waals surface area contributed by atoms with Crippen molar-refractivity contribution in [3.05, 3.63) is 34.9 Å². The first-order valence-corrected chi connectivity index (χ1v) is 8.40. The Kier molecular flexibility index (Phi) is 6.96. The summed E-state index contributed by atoms with van der Waals surface area (Å²) >= 11 is 0. The van der Waals surface area contributed by atoms with Gasteiger partial charge in [0.1, 0.15) is 11.9 Å². The fraction of sp³-hybridized carbons (Fsp3) is 0.474. The first kappa shape index (κ1) is 23.1. The van der Waals surface area contributed by atoms with Crippen molar-refractivity contribution in [3.8, 4) is 6.07 Å². The maximum Gasteiger partial charge on any atom is 0.416 e. The largest absolute Gasteiger partial charge is 0.416 e. The van der Waals surface area contributed by atoms with Gasteiger partial charge in [-0.25, -0.2) is 0 Å². The van der Waals surface area contributed by atoms with Crippen LogP contribution in [0.1, 0.15) is 49.2 Å². The van der Waals surface area contributed by atoms with E-state index in [1.165, 1.54) is 26.8 Å². The molecule has 0 spiro atoms. The van der Waals surface area contributed by atoms with Crippen LogP contribution in [-0.2, 0) is 16.4 Å². The van der Waals surface area contributed by atoms with Gasteiger partial charge in [-0.1, -0.05) is 0 Å². The number of nitrogens with zero attached hydrogens (tertiary/aromatic N) is 3. The molecule has 0 bridgehead atoms. The van der Waals surface area contributed by atoms with E-state index in [1.807, 2.05) is 6.07 Å². The number of alkyl halides is 3. The summed E-state index contributed by atoms with van der Waals surface area (Å²) in [5.41, 5.74) is -2.51. The van der Waals surface area contributed by atoms with Gasteiger partial charge in [0.05, 0.1) is 17.0 Å². The monoisotopic (exact) mass is 396 g/mol. The summed E-state index contributed by atoms with van der Waals surface area (Å²) in [7, 11) is 3.38. The molecule has 1 aromatic carbocycles. The van der Waals surface area contributed by atoms with E-state index >= 15 is 0 Å². The average molecular weight is 396 g/mol. The van der Waals surface area contributed by atoms with Gasteiger partial charge in [0.2, 0.25) is 0 Å². The molecule has 0 aliphatic carbocycles. The van der Waals surface area contributed by atoms with Gasteiger partial charge < -0.3 is 10.2 Å². The van der Waals surface area contributed by atoms with Gasteiger partial charge in [-0.05, 0) is 51.5 Å². The van der Waals surface area contributed by atoms with Gasteiger partial charge in [0.15, 0.2) is 0 Å². The molecule has 1 N–H and O–H groups in total. The summed E-state index contributed by atoms with van der Waals surface area (Å²) in [6.45, 7) is 5.90. The number of halogens is 3. The van der Waals surface area contributed by atoms with Crippen LogP contribution in [-0.4, -0.2) is 42.7 Å². The fourth-order valence-electron chi connectivity index (χ4n) is 2.05. The van der Waals surface area contributed by atoms with Gasteiger partial charge in [-0.15, -0.1) is 0 Å². The lowest BCUT2D eigenvalue weighted by Gasteiger charge is -2.20. The quantitative estimate of drug-likeness (QED) is 0.626. The van der Waals surface area contributed by atoms with Crippen molar-refractivity contribution in [1.82, 2.24) is 10.2 Å². The van der Waals surface area contributed by atoms with Crippen molar-refractivity contribution < 1.29 is 22.8 Å². The summed E-state index contributed by atoms with van der Waals surface area (Å²) in [5.74, 6) is -1.08. The molecule has 28 heavy (non-hydrogen) atoms. The number of benzene rings is 1. The minimum atomic E-state index is -4.69. The number of hydrogen-bond acceptors (Lipinski definition) is 3. The highest BCUT2D eigenvalue weighted by Gasteiger charge is 2.34. The summed E-state index contributed by atoms with van der Waals surface area (Å²) in [6.07, 6.45) is -4.69. The Morgan fingerprint density at radius 3 is 2.18 bits per heavy atom. The van der Waals surface area contributed by atoms with E-state index in [0.717, 1.165) is 6.07 Å². The molecular formula is C19H23F3N4O2. The number of carbonyl (C=O) groups is 2. The molecule has 1 unspecified atom stereocenters. The van der Waals surface area contributed by atoms with Crippen molar-refractivity contribution in [2.45, 2.75) is 45.3 Å². The molecule has 0 aliphatic heterocycles. The van der Waals surface area contributed by atoms with Crippen LogP contribution in [0, 0.1) is 11.3 Å². The van der Waals surface area contributed by atoms with Crippen molar-refractivity contribution in [1.29, 1.82) is 5.26 Å². The van der Waals surface area contributed by atoms with Crippen LogP contribution in [0.2, 0.25) is 0 Å². The summed E-state index contributed by atoms with van der Waals surface area (Å²) in [5, 5.41) is 11.6. The van der Waals surface area contributed by atoms with Crippen LogP contribution >= 0.6 is 0 Å². The van der Waals surface area contributed by atoms with Gasteiger partial charge in [0.25, 0.3) is 11.8 Å². The first-order valence-electron chi connectivity index (χ1n) is 8.40. The Bertz CT molecular complexity index is 837. The maximum atomic E-state index is 13.2. The SMILES string of the molecule is C/C(=N\C(=O)C(C)NC(=O)c1cc(C(F)(F)F)cc(C(C)(C)C#N)c1)N(C)C. The molecule has 0 radical (unpaired) electrons. The molecular weight excluding hydrogens is 373 g/mol. The average Bonchev–Trinajstić information content (AvgIpc) is 2.60. The van der Waals surface area contributed by atoms with Crippen molar-refractivity contribution >= 4 is 17.6 Å². The molecule has 0 saturated heterocycles. The Balaban J connectivity index is 3.23. The molecule has 1 rings (SSSR count). The van der Waals surface area contributed by atoms with E-state index in [9.17, 15) is 28.0 Å². The Morgan fingerprint density at radius 1 is 1.18 bits per heavy atom. The summed E-state index contributed by atoms with van der Waals surface area (Å²) in [4.78, 5) is 29.9. The molecule has 0 heterocycles. The lowest BCUT2D eigenvalue weighted by Crippen LogP contribution is -2.38. The van der Waals surface area contributed by atoms with Crippen LogP contribution in [0.5, 0.6) is 0 Å². The molecule has 0 aromatic heterocycles. The predicted octanol–water partition coefficient (Wildman–Crippen LogP) is 3.13. The second-order valence-corrected chi connectivity index (χ2v) is 7.12. The lowest BCUT2D eigenvalue weighted by atomic mass is 9.84. The molecule has 152 valence electrons. The van der Waals surface area contributed by atoms with E-state index in [-0.39, 0.29) is 11.1 Å². The Morgan fingerprint density at radius 2 is 1.71 bits per heavy atom. The normalized spacial score (nSPS) is 13.5. The van der Waals surface area contributed by atoms with E-state index < -0.39 is 35.0 Å². The van der Waals surface area contributed by atoms with Crippen molar-refractivity contribution in [3.63, 3.8) is 0 Å². The third-order valence-electron chi connectivity index (χ3n) is 4.16. The number of amidine groups is 1. The topological polar surface area (TPSA) is 85.6 Å². The molecule has 6 nitrogen and oxygen atoms in total. The highest BCUT2D eigenvalue weighted by atomic mass is 19.4.